The second kappa shape index (κ2) is 7.27. The number of pyridine rings is 1. The number of morpholine rings is 2. The van der Waals surface area contributed by atoms with Gasteiger partial charge in [-0.15, -0.1) is 0 Å². The van der Waals surface area contributed by atoms with Crippen LogP contribution in [0.5, 0.6) is 0 Å². The number of aromatic nitrogens is 1. The number of hydrogen-bond acceptors (Lipinski definition) is 6. The molecular formula is C18H26N4O3. The zero-order valence-electron chi connectivity index (χ0n) is 14.7. The first-order chi connectivity index (χ1) is 12.2. The predicted octanol–water partition coefficient (Wildman–Crippen LogP) is 0.828. The number of hydrogen-bond donors (Lipinski definition) is 1. The number of nitrogens with one attached hydrogen (secondary N) is 1. The highest BCUT2D eigenvalue weighted by atomic mass is 16.5. The molecule has 136 valence electrons. The van der Waals surface area contributed by atoms with Gasteiger partial charge in [-0.25, -0.2) is 4.98 Å². The minimum atomic E-state index is 0.0338. The van der Waals surface area contributed by atoms with Crippen LogP contribution in [0.15, 0.2) is 18.3 Å². The molecule has 4 rings (SSSR count). The van der Waals surface area contributed by atoms with E-state index in [4.69, 9.17) is 9.47 Å². The minimum Gasteiger partial charge on any atom is -0.378 e. The van der Waals surface area contributed by atoms with E-state index in [2.05, 4.69) is 22.1 Å². The summed E-state index contributed by atoms with van der Waals surface area (Å²) in [5.41, 5.74) is 0.638. The van der Waals surface area contributed by atoms with Gasteiger partial charge in [0.15, 0.2) is 0 Å². The summed E-state index contributed by atoms with van der Waals surface area (Å²) in [5, 5.41) is 3.50. The maximum absolute atomic E-state index is 12.4. The first kappa shape index (κ1) is 16.8. The van der Waals surface area contributed by atoms with Crippen LogP contribution in [0.4, 0.5) is 5.82 Å². The van der Waals surface area contributed by atoms with Crippen molar-refractivity contribution in [2.24, 2.45) is 0 Å². The van der Waals surface area contributed by atoms with E-state index >= 15 is 0 Å². The summed E-state index contributed by atoms with van der Waals surface area (Å²) < 4.78 is 11.0. The maximum atomic E-state index is 12.4. The Morgan fingerprint density at radius 3 is 2.88 bits per heavy atom. The van der Waals surface area contributed by atoms with Crippen LogP contribution in [-0.4, -0.2) is 84.9 Å². The second-order valence-corrected chi connectivity index (χ2v) is 7.17. The highest BCUT2D eigenvalue weighted by Gasteiger charge is 2.36. The molecule has 0 unspecified atom stereocenters. The van der Waals surface area contributed by atoms with Crippen molar-refractivity contribution in [3.8, 4) is 0 Å². The van der Waals surface area contributed by atoms with Crippen molar-refractivity contribution < 1.29 is 14.3 Å². The lowest BCUT2D eigenvalue weighted by atomic mass is 10.1. The minimum absolute atomic E-state index is 0.0338. The number of ether oxygens (including phenoxy) is 2. The first-order valence-electron chi connectivity index (χ1n) is 9.14. The van der Waals surface area contributed by atoms with Crippen LogP contribution in [0.2, 0.25) is 0 Å². The Morgan fingerprint density at radius 1 is 1.28 bits per heavy atom. The average molecular weight is 346 g/mol. The van der Waals surface area contributed by atoms with Crippen LogP contribution in [0.1, 0.15) is 23.7 Å². The smallest absolute Gasteiger partial charge is 0.255 e. The Hall–Kier alpha value is -1.70. The number of nitrogens with zero attached hydrogens (tertiary/aromatic N) is 3. The highest BCUT2D eigenvalue weighted by Crippen LogP contribution is 2.25. The third-order valence-electron chi connectivity index (χ3n) is 5.25. The third-order valence-corrected chi connectivity index (χ3v) is 5.25. The standard InChI is InChI=1S/C18H26N4O3/c1-13-10-22-11-15(8-16(22)12-25-13)20-17-3-2-14(9-19-17)18(23)21-4-6-24-7-5-21/h2-3,9,13,15-16H,4-8,10-12H2,1H3,(H,19,20)/t13-,15+,16-/m0/s1. The molecule has 7 nitrogen and oxygen atoms in total. The van der Waals surface area contributed by atoms with Crippen LogP contribution in [0.25, 0.3) is 0 Å². The Balaban J connectivity index is 1.34. The molecular weight excluding hydrogens is 320 g/mol. The SMILES string of the molecule is C[C@H]1CN2C[C@H](Nc3ccc(C(=O)N4CCOCC4)cn3)C[C@H]2CO1. The number of fused-ring (bicyclic) bond motifs is 1. The molecule has 25 heavy (non-hydrogen) atoms. The second-order valence-electron chi connectivity index (χ2n) is 7.17. The summed E-state index contributed by atoms with van der Waals surface area (Å²) in [6, 6.07) is 4.66. The molecule has 7 heteroatoms. The van der Waals surface area contributed by atoms with Crippen molar-refractivity contribution >= 4 is 11.7 Å². The Labute approximate surface area is 148 Å². The number of carbonyl (C=O) groups is 1. The number of carbonyl (C=O) groups excluding carboxylic acids is 1. The molecule has 3 aliphatic rings. The molecule has 4 heterocycles. The molecule has 1 amide bonds. The molecule has 3 aliphatic heterocycles. The number of rotatable bonds is 3. The molecule has 0 radical (unpaired) electrons. The quantitative estimate of drug-likeness (QED) is 0.874. The Morgan fingerprint density at radius 2 is 2.12 bits per heavy atom. The van der Waals surface area contributed by atoms with Gasteiger partial charge in [-0.05, 0) is 25.5 Å². The van der Waals surface area contributed by atoms with Gasteiger partial charge in [-0.3, -0.25) is 9.69 Å². The zero-order chi connectivity index (χ0) is 17.2. The van der Waals surface area contributed by atoms with E-state index in [0.717, 1.165) is 31.9 Å². The molecule has 1 N–H and O–H groups in total. The van der Waals surface area contributed by atoms with Crippen molar-refractivity contribution in [1.82, 2.24) is 14.8 Å². The lowest BCUT2D eigenvalue weighted by Gasteiger charge is -2.33. The Bertz CT molecular complexity index is 603. The van der Waals surface area contributed by atoms with Crippen LogP contribution >= 0.6 is 0 Å². The summed E-state index contributed by atoms with van der Waals surface area (Å²) in [6.07, 6.45) is 3.06. The van der Waals surface area contributed by atoms with Gasteiger partial charge in [0.05, 0.1) is 31.5 Å². The fourth-order valence-electron chi connectivity index (χ4n) is 3.91. The average Bonchev–Trinajstić information content (AvgIpc) is 3.04. The topological polar surface area (TPSA) is 66.9 Å². The summed E-state index contributed by atoms with van der Waals surface area (Å²) >= 11 is 0. The monoisotopic (exact) mass is 346 g/mol. The van der Waals surface area contributed by atoms with Crippen molar-refractivity contribution in [2.45, 2.75) is 31.5 Å². The fourth-order valence-corrected chi connectivity index (χ4v) is 3.91. The number of anilines is 1. The van der Waals surface area contributed by atoms with E-state index in [1.807, 2.05) is 17.0 Å². The summed E-state index contributed by atoms with van der Waals surface area (Å²) in [6.45, 7) is 7.50. The molecule has 0 aliphatic carbocycles. The van der Waals surface area contributed by atoms with E-state index in [9.17, 15) is 4.79 Å². The third kappa shape index (κ3) is 3.78. The van der Waals surface area contributed by atoms with Gasteiger partial charge in [0.2, 0.25) is 0 Å². The summed E-state index contributed by atoms with van der Waals surface area (Å²) in [4.78, 5) is 21.2. The van der Waals surface area contributed by atoms with Gasteiger partial charge >= 0.3 is 0 Å². The van der Waals surface area contributed by atoms with Crippen LogP contribution < -0.4 is 5.32 Å². The van der Waals surface area contributed by atoms with Gasteiger partial charge in [0.1, 0.15) is 5.82 Å². The van der Waals surface area contributed by atoms with E-state index in [1.54, 1.807) is 6.20 Å². The highest BCUT2D eigenvalue weighted by molar-refractivity contribution is 5.94. The number of amides is 1. The molecule has 3 saturated heterocycles. The van der Waals surface area contributed by atoms with Gasteiger partial charge in [-0.1, -0.05) is 0 Å². The molecule has 1 aromatic rings. The van der Waals surface area contributed by atoms with Crippen molar-refractivity contribution in [3.05, 3.63) is 23.9 Å². The molecule has 3 atom stereocenters. The van der Waals surface area contributed by atoms with Gasteiger partial charge in [0, 0.05) is 44.5 Å². The van der Waals surface area contributed by atoms with Crippen LogP contribution in [0.3, 0.4) is 0 Å². The fraction of sp³-hybridized carbons (Fsp3) is 0.667. The molecule has 1 aromatic heterocycles. The van der Waals surface area contributed by atoms with Crippen molar-refractivity contribution in [2.75, 3.05) is 51.3 Å². The predicted molar refractivity (Wildman–Crippen MR) is 93.8 cm³/mol. The lowest BCUT2D eigenvalue weighted by Crippen LogP contribution is -2.45. The van der Waals surface area contributed by atoms with Crippen molar-refractivity contribution in [1.29, 1.82) is 0 Å². The lowest BCUT2D eigenvalue weighted by molar-refractivity contribution is -0.0390. The summed E-state index contributed by atoms with van der Waals surface area (Å²) in [5.74, 6) is 0.865. The van der Waals surface area contributed by atoms with Crippen LogP contribution in [0, 0.1) is 0 Å². The maximum Gasteiger partial charge on any atom is 0.255 e. The molecule has 0 saturated carbocycles. The van der Waals surface area contributed by atoms with Gasteiger partial charge in [-0.2, -0.15) is 0 Å². The van der Waals surface area contributed by atoms with Crippen molar-refractivity contribution in [3.63, 3.8) is 0 Å². The first-order valence-corrected chi connectivity index (χ1v) is 9.14. The molecule has 0 spiro atoms. The summed E-state index contributed by atoms with van der Waals surface area (Å²) in [7, 11) is 0. The zero-order valence-corrected chi connectivity index (χ0v) is 14.7. The van der Waals surface area contributed by atoms with E-state index in [0.29, 0.717) is 50.1 Å². The molecule has 0 aromatic carbocycles. The molecule has 3 fully saturated rings. The Kier molecular flexibility index (Phi) is 4.87. The normalized spacial score (nSPS) is 30.1. The van der Waals surface area contributed by atoms with E-state index in [-0.39, 0.29) is 5.91 Å². The van der Waals surface area contributed by atoms with Gasteiger partial charge < -0.3 is 19.7 Å². The van der Waals surface area contributed by atoms with Crippen LogP contribution in [-0.2, 0) is 9.47 Å². The van der Waals surface area contributed by atoms with Gasteiger partial charge in [0.25, 0.3) is 5.91 Å². The van der Waals surface area contributed by atoms with E-state index in [1.165, 1.54) is 0 Å². The van der Waals surface area contributed by atoms with E-state index < -0.39 is 0 Å². The largest absolute Gasteiger partial charge is 0.378 e. The molecule has 0 bridgehead atoms.